The van der Waals surface area contributed by atoms with Gasteiger partial charge >= 0.3 is 0 Å². The molecule has 0 saturated heterocycles. The Morgan fingerprint density at radius 3 is 1.65 bits per heavy atom. The fourth-order valence-corrected chi connectivity index (χ4v) is 10.2. The molecule has 0 aliphatic carbocycles. The van der Waals surface area contributed by atoms with E-state index in [1.165, 1.54) is 0 Å². The van der Waals surface area contributed by atoms with Gasteiger partial charge in [0.15, 0.2) is 11.3 Å². The van der Waals surface area contributed by atoms with E-state index in [1.54, 1.807) is 12.4 Å². The van der Waals surface area contributed by atoms with Crippen molar-refractivity contribution in [3.8, 4) is 50.7 Å². The number of rotatable bonds is 6. The summed E-state index contributed by atoms with van der Waals surface area (Å²) in [7, 11) is 0. The zero-order chi connectivity index (χ0) is 48.0. The Labute approximate surface area is 410 Å². The Balaban J connectivity index is 1.05. The molecule has 71 heavy (non-hydrogen) atoms. The zero-order valence-electron chi connectivity index (χ0n) is 39.9. The van der Waals surface area contributed by atoms with Gasteiger partial charge in [-0.1, -0.05) is 180 Å². The van der Waals surface area contributed by atoms with Crippen molar-refractivity contribution in [2.45, 2.75) is 45.4 Å². The number of hydrogen-bond donors (Lipinski definition) is 0. The molecular weight excluding hydrogens is 873 g/mol. The monoisotopic (exact) mass is 918 g/mol. The molecule has 10 nitrogen and oxygen atoms in total. The molecule has 0 saturated carbocycles. The van der Waals surface area contributed by atoms with Gasteiger partial charge in [-0.05, 0) is 57.6 Å². The van der Waals surface area contributed by atoms with E-state index in [0.717, 1.165) is 83.4 Å². The highest BCUT2D eigenvalue weighted by Crippen LogP contribution is 2.53. The van der Waals surface area contributed by atoms with Crippen molar-refractivity contribution < 1.29 is 0 Å². The number of aromatic nitrogens is 9. The van der Waals surface area contributed by atoms with Crippen molar-refractivity contribution in [1.82, 2.24) is 44.4 Å². The molecule has 5 aromatic heterocycles. The normalized spacial score (nSPS) is 13.2. The molecule has 0 radical (unpaired) electrons. The fraction of sp³-hybridized carbons (Fsp3) is 0.115. The van der Waals surface area contributed by atoms with Gasteiger partial charge in [0.25, 0.3) is 0 Å². The van der Waals surface area contributed by atoms with E-state index in [9.17, 15) is 0 Å². The number of anilines is 3. The number of nitrogens with zero attached hydrogens (tertiary/aromatic N) is 10. The smallest absolute Gasteiger partial charge is 0.237 e. The second-order valence-corrected chi connectivity index (χ2v) is 19.8. The first-order valence-electron chi connectivity index (χ1n) is 23.9. The number of fused-ring (bicyclic) bond motifs is 7. The SMILES string of the molecule is CC(C)(C)c1cnc2c(-c3ccc(-c4ccccc4)cc3)nc(-n3c4ccccc4c4cc5c(cc43)N(c3nc(-c4ccc(-c6ccccc6)cc4)c4nccnc4n3)c3ccccc3C5(C)C)nc2n1. The highest BCUT2D eigenvalue weighted by atomic mass is 15.3. The average Bonchev–Trinajstić information content (AvgIpc) is 3.73. The van der Waals surface area contributed by atoms with E-state index in [4.69, 9.17) is 39.9 Å². The van der Waals surface area contributed by atoms with Crippen LogP contribution in [-0.4, -0.2) is 44.4 Å². The quantitative estimate of drug-likeness (QED) is 0.161. The third kappa shape index (κ3) is 6.93. The van der Waals surface area contributed by atoms with Crippen LogP contribution < -0.4 is 4.90 Å². The van der Waals surface area contributed by atoms with Gasteiger partial charge in [-0.3, -0.25) is 9.47 Å². The maximum atomic E-state index is 5.46. The van der Waals surface area contributed by atoms with Crippen LogP contribution in [0.1, 0.15) is 51.4 Å². The molecule has 0 atom stereocenters. The third-order valence-electron chi connectivity index (χ3n) is 13.9. The molecule has 0 bridgehead atoms. The van der Waals surface area contributed by atoms with Gasteiger partial charge in [0.05, 0.1) is 28.1 Å². The highest BCUT2D eigenvalue weighted by molar-refractivity contribution is 6.11. The van der Waals surface area contributed by atoms with Crippen molar-refractivity contribution in [3.63, 3.8) is 0 Å². The minimum atomic E-state index is -0.413. The van der Waals surface area contributed by atoms with Crippen molar-refractivity contribution in [3.05, 3.63) is 205 Å². The molecule has 0 N–H and O–H groups in total. The van der Waals surface area contributed by atoms with E-state index in [0.29, 0.717) is 45.6 Å². The Kier molecular flexibility index (Phi) is 9.51. The summed E-state index contributed by atoms with van der Waals surface area (Å²) < 4.78 is 2.18. The van der Waals surface area contributed by atoms with Crippen molar-refractivity contribution in [1.29, 1.82) is 0 Å². The van der Waals surface area contributed by atoms with E-state index < -0.39 is 5.41 Å². The van der Waals surface area contributed by atoms with Crippen molar-refractivity contribution >= 4 is 61.5 Å². The highest BCUT2D eigenvalue weighted by Gasteiger charge is 2.39. The predicted octanol–water partition coefficient (Wildman–Crippen LogP) is 14.3. The lowest BCUT2D eigenvalue weighted by Crippen LogP contribution is -2.31. The zero-order valence-corrected chi connectivity index (χ0v) is 39.9. The van der Waals surface area contributed by atoms with E-state index in [-0.39, 0.29) is 5.41 Å². The largest absolute Gasteiger partial charge is 0.278 e. The Bertz CT molecular complexity index is 4050. The van der Waals surface area contributed by atoms with Gasteiger partial charge in [0.2, 0.25) is 11.9 Å². The molecule has 7 aromatic carbocycles. The van der Waals surface area contributed by atoms with Gasteiger partial charge < -0.3 is 0 Å². The lowest BCUT2D eigenvalue weighted by Gasteiger charge is -2.41. The van der Waals surface area contributed by atoms with E-state index in [1.807, 2.05) is 18.3 Å². The maximum Gasteiger partial charge on any atom is 0.237 e. The summed E-state index contributed by atoms with van der Waals surface area (Å²) in [6, 6.07) is 59.5. The van der Waals surface area contributed by atoms with Crippen molar-refractivity contribution in [2.75, 3.05) is 4.90 Å². The van der Waals surface area contributed by atoms with Crippen LogP contribution in [-0.2, 0) is 10.8 Å². The van der Waals surface area contributed by atoms with Crippen LogP contribution in [0.4, 0.5) is 17.3 Å². The fourth-order valence-electron chi connectivity index (χ4n) is 10.2. The molecule has 6 heterocycles. The topological polar surface area (TPSA) is 111 Å². The summed E-state index contributed by atoms with van der Waals surface area (Å²) in [6.45, 7) is 11.0. The van der Waals surface area contributed by atoms with Crippen LogP contribution in [0.15, 0.2) is 188 Å². The summed E-state index contributed by atoms with van der Waals surface area (Å²) in [5.74, 6) is 0.978. The summed E-state index contributed by atoms with van der Waals surface area (Å²) in [5, 5.41) is 2.15. The van der Waals surface area contributed by atoms with Crippen LogP contribution in [0.3, 0.4) is 0 Å². The number of para-hydroxylation sites is 2. The van der Waals surface area contributed by atoms with Crippen LogP contribution in [0.2, 0.25) is 0 Å². The molecule has 1 aliphatic heterocycles. The Morgan fingerprint density at radius 1 is 0.423 bits per heavy atom. The van der Waals surface area contributed by atoms with E-state index in [2.05, 4.69) is 202 Å². The van der Waals surface area contributed by atoms with Gasteiger partial charge in [-0.25, -0.2) is 29.9 Å². The molecule has 0 spiro atoms. The molecule has 0 unspecified atom stereocenters. The van der Waals surface area contributed by atoms with Crippen LogP contribution in [0.5, 0.6) is 0 Å². The second-order valence-electron chi connectivity index (χ2n) is 19.8. The number of hydrogen-bond acceptors (Lipinski definition) is 9. The molecule has 1 aliphatic rings. The van der Waals surface area contributed by atoms with Crippen molar-refractivity contribution in [2.24, 2.45) is 0 Å². The minimum absolute atomic E-state index is 0.260. The molecule has 13 rings (SSSR count). The first-order chi connectivity index (χ1) is 34.6. The standard InChI is InChI=1S/C61H46N10/c1-60(2,3)51-36-64-55-53(42-30-26-40(27-31-42)38-18-10-7-11-19-38)67-59(69-57(55)65-51)70-47-22-14-12-20-43(47)44-34-46-50(35-49(44)70)71(48-23-15-13-21-45(48)61(46,4)5)58-66-52(54-56(68-58)63-33-32-62-54)41-28-24-39(25-29-41)37-16-8-6-9-17-37/h6-36H,1-5H3. The first kappa shape index (κ1) is 42.1. The average molecular weight is 919 g/mol. The van der Waals surface area contributed by atoms with E-state index >= 15 is 0 Å². The summed E-state index contributed by atoms with van der Waals surface area (Å²) >= 11 is 0. The lowest BCUT2D eigenvalue weighted by molar-refractivity contribution is 0.568. The van der Waals surface area contributed by atoms with Gasteiger partial charge in [0, 0.05) is 51.3 Å². The van der Waals surface area contributed by atoms with Crippen LogP contribution >= 0.6 is 0 Å². The molecule has 0 amide bonds. The summed E-state index contributed by atoms with van der Waals surface area (Å²) in [6.07, 6.45) is 5.25. The van der Waals surface area contributed by atoms with Gasteiger partial charge in [0.1, 0.15) is 22.4 Å². The predicted molar refractivity (Wildman–Crippen MR) is 285 cm³/mol. The molecule has 0 fully saturated rings. The minimum Gasteiger partial charge on any atom is -0.278 e. The Morgan fingerprint density at radius 2 is 0.972 bits per heavy atom. The summed E-state index contributed by atoms with van der Waals surface area (Å²) in [4.78, 5) is 43.5. The summed E-state index contributed by atoms with van der Waals surface area (Å²) in [5.41, 5.74) is 16.3. The molecule has 340 valence electrons. The lowest BCUT2D eigenvalue weighted by atomic mass is 9.73. The second kappa shape index (κ2) is 16.0. The molecule has 10 heteroatoms. The third-order valence-corrected chi connectivity index (χ3v) is 13.9. The van der Waals surface area contributed by atoms with Crippen LogP contribution in [0.25, 0.3) is 94.9 Å². The molecule has 12 aromatic rings. The van der Waals surface area contributed by atoms with Gasteiger partial charge in [-0.2, -0.15) is 9.97 Å². The van der Waals surface area contributed by atoms with Crippen LogP contribution in [0, 0.1) is 0 Å². The number of benzene rings is 7. The Hall–Kier alpha value is -9.02. The first-order valence-corrected chi connectivity index (χ1v) is 23.9. The van der Waals surface area contributed by atoms with Gasteiger partial charge in [-0.15, -0.1) is 0 Å². The maximum absolute atomic E-state index is 5.46. The molecular formula is C61H46N10.